The molecular formula is C20H26N2O4. The highest BCUT2D eigenvalue weighted by molar-refractivity contribution is 5.87. The summed E-state index contributed by atoms with van der Waals surface area (Å²) in [5, 5.41) is 0. The van der Waals surface area contributed by atoms with E-state index in [1.165, 1.54) is 0 Å². The Hall–Kier alpha value is -2.18. The number of esters is 2. The van der Waals surface area contributed by atoms with Crippen LogP contribution >= 0.6 is 0 Å². The zero-order valence-electron chi connectivity index (χ0n) is 15.8. The molecule has 2 atom stereocenters. The van der Waals surface area contributed by atoms with Crippen molar-refractivity contribution < 1.29 is 19.1 Å². The van der Waals surface area contributed by atoms with Gasteiger partial charge in [0.05, 0.1) is 0 Å². The van der Waals surface area contributed by atoms with Crippen LogP contribution in [0.15, 0.2) is 46.6 Å². The van der Waals surface area contributed by atoms with Crippen LogP contribution in [0, 0.1) is 0 Å². The average Bonchev–Trinajstić information content (AvgIpc) is 3.09. The molecule has 2 unspecified atom stereocenters. The molecule has 26 heavy (non-hydrogen) atoms. The Morgan fingerprint density at radius 2 is 1.15 bits per heavy atom. The molecule has 0 spiro atoms. The lowest BCUT2D eigenvalue weighted by atomic mass is 10.1. The van der Waals surface area contributed by atoms with Crippen molar-refractivity contribution in [1.82, 2.24) is 9.80 Å². The minimum Gasteiger partial charge on any atom is -0.439 e. The number of nitrogens with zero attached hydrogens (tertiary/aromatic N) is 2. The SMILES string of the molecule is CC(C)=CC1=CC(=O)OC1N1CCN(C2OC(=O)C=C2C=C(C)C)CC1. The van der Waals surface area contributed by atoms with Gasteiger partial charge < -0.3 is 9.47 Å². The molecule has 3 heterocycles. The van der Waals surface area contributed by atoms with Gasteiger partial charge in [-0.3, -0.25) is 9.80 Å². The molecule has 0 aliphatic carbocycles. The molecule has 0 N–H and O–H groups in total. The molecular weight excluding hydrogens is 332 g/mol. The molecule has 140 valence electrons. The fourth-order valence-corrected chi connectivity index (χ4v) is 3.51. The van der Waals surface area contributed by atoms with Crippen molar-refractivity contribution in [3.8, 4) is 0 Å². The van der Waals surface area contributed by atoms with E-state index < -0.39 is 0 Å². The van der Waals surface area contributed by atoms with Crippen LogP contribution in [0.4, 0.5) is 0 Å². The molecule has 3 aliphatic heterocycles. The van der Waals surface area contributed by atoms with Gasteiger partial charge in [0.2, 0.25) is 0 Å². The van der Waals surface area contributed by atoms with E-state index in [0.29, 0.717) is 0 Å². The molecule has 1 saturated heterocycles. The molecule has 0 aromatic heterocycles. The van der Waals surface area contributed by atoms with Crippen molar-refractivity contribution in [2.75, 3.05) is 26.2 Å². The zero-order valence-corrected chi connectivity index (χ0v) is 15.8. The largest absolute Gasteiger partial charge is 0.439 e. The molecule has 6 nitrogen and oxygen atoms in total. The predicted molar refractivity (Wildman–Crippen MR) is 97.9 cm³/mol. The van der Waals surface area contributed by atoms with Gasteiger partial charge in [0.15, 0.2) is 12.5 Å². The Bertz CT molecular complexity index is 654. The molecule has 0 radical (unpaired) electrons. The van der Waals surface area contributed by atoms with Crippen LogP contribution in [-0.2, 0) is 19.1 Å². The molecule has 0 bridgehead atoms. The standard InChI is InChI=1S/C20H26N2O4/c1-13(2)9-15-11-17(23)25-19(15)21-5-7-22(8-6-21)20-16(10-14(3)4)12-18(24)26-20/h9-12,19-20H,5-8H2,1-4H3. The number of cyclic esters (lactones) is 2. The number of allylic oxidation sites excluding steroid dienone is 2. The summed E-state index contributed by atoms with van der Waals surface area (Å²) in [6.07, 6.45) is 6.49. The van der Waals surface area contributed by atoms with Crippen LogP contribution in [0.5, 0.6) is 0 Å². The van der Waals surface area contributed by atoms with Crippen molar-refractivity contribution in [2.24, 2.45) is 0 Å². The van der Waals surface area contributed by atoms with E-state index in [1.54, 1.807) is 12.2 Å². The topological polar surface area (TPSA) is 59.1 Å². The second-order valence-electron chi connectivity index (χ2n) is 7.38. The molecule has 0 aromatic rings. The maximum atomic E-state index is 11.7. The van der Waals surface area contributed by atoms with E-state index in [4.69, 9.17) is 9.47 Å². The first-order valence-corrected chi connectivity index (χ1v) is 8.96. The van der Waals surface area contributed by atoms with Crippen LogP contribution in [0.1, 0.15) is 27.7 Å². The highest BCUT2D eigenvalue weighted by Gasteiger charge is 2.37. The quantitative estimate of drug-likeness (QED) is 0.718. The van der Waals surface area contributed by atoms with Gasteiger partial charge in [0.1, 0.15) is 0 Å². The van der Waals surface area contributed by atoms with Crippen molar-refractivity contribution in [3.05, 3.63) is 46.6 Å². The summed E-state index contributed by atoms with van der Waals surface area (Å²) < 4.78 is 11.0. The van der Waals surface area contributed by atoms with Gasteiger partial charge in [-0.2, -0.15) is 0 Å². The smallest absolute Gasteiger partial charge is 0.333 e. The van der Waals surface area contributed by atoms with Gasteiger partial charge in [-0.25, -0.2) is 9.59 Å². The third-order valence-corrected chi connectivity index (χ3v) is 4.52. The third kappa shape index (κ3) is 4.14. The summed E-state index contributed by atoms with van der Waals surface area (Å²) in [6.45, 7) is 11.0. The maximum absolute atomic E-state index is 11.7. The molecule has 0 aromatic carbocycles. The Labute approximate surface area is 154 Å². The second-order valence-corrected chi connectivity index (χ2v) is 7.38. The van der Waals surface area contributed by atoms with E-state index in [0.717, 1.165) is 48.5 Å². The molecule has 3 aliphatic rings. The van der Waals surface area contributed by atoms with E-state index in [-0.39, 0.29) is 24.4 Å². The lowest BCUT2D eigenvalue weighted by Gasteiger charge is -2.39. The summed E-state index contributed by atoms with van der Waals surface area (Å²) in [6, 6.07) is 0. The Balaban J connectivity index is 1.65. The lowest BCUT2D eigenvalue weighted by Crippen LogP contribution is -2.54. The van der Waals surface area contributed by atoms with Crippen LogP contribution in [0.25, 0.3) is 0 Å². The van der Waals surface area contributed by atoms with Crippen LogP contribution < -0.4 is 0 Å². The van der Waals surface area contributed by atoms with Gasteiger partial charge in [-0.1, -0.05) is 23.3 Å². The number of hydrogen-bond donors (Lipinski definition) is 0. The first-order valence-electron chi connectivity index (χ1n) is 8.96. The number of piperazine rings is 1. The molecule has 3 rings (SSSR count). The number of carbonyl (C=O) groups is 2. The van der Waals surface area contributed by atoms with Gasteiger partial charge in [0.25, 0.3) is 0 Å². The minimum atomic E-state index is -0.321. The monoisotopic (exact) mass is 358 g/mol. The van der Waals surface area contributed by atoms with E-state index in [2.05, 4.69) is 9.80 Å². The summed E-state index contributed by atoms with van der Waals surface area (Å²) >= 11 is 0. The number of ether oxygens (including phenoxy) is 2. The highest BCUT2D eigenvalue weighted by Crippen LogP contribution is 2.26. The molecule has 1 fully saturated rings. The molecule has 6 heteroatoms. The summed E-state index contributed by atoms with van der Waals surface area (Å²) in [4.78, 5) is 27.7. The van der Waals surface area contributed by atoms with E-state index in [1.807, 2.05) is 39.8 Å². The first-order chi connectivity index (χ1) is 12.3. The molecule has 0 amide bonds. The van der Waals surface area contributed by atoms with Crippen LogP contribution in [0.3, 0.4) is 0 Å². The maximum Gasteiger partial charge on any atom is 0.333 e. The first kappa shape index (κ1) is 18.6. The normalized spacial score (nSPS) is 26.8. The fraction of sp³-hybridized carbons (Fsp3) is 0.500. The second kappa shape index (κ2) is 7.60. The number of rotatable bonds is 4. The lowest BCUT2D eigenvalue weighted by molar-refractivity contribution is -0.153. The van der Waals surface area contributed by atoms with Crippen molar-refractivity contribution >= 4 is 11.9 Å². The van der Waals surface area contributed by atoms with Gasteiger partial charge >= 0.3 is 11.9 Å². The van der Waals surface area contributed by atoms with E-state index >= 15 is 0 Å². The van der Waals surface area contributed by atoms with Gasteiger partial charge in [0, 0.05) is 49.5 Å². The van der Waals surface area contributed by atoms with Crippen LogP contribution in [0.2, 0.25) is 0 Å². The Morgan fingerprint density at radius 3 is 1.46 bits per heavy atom. The number of hydrogen-bond acceptors (Lipinski definition) is 6. The third-order valence-electron chi connectivity index (χ3n) is 4.52. The van der Waals surface area contributed by atoms with Gasteiger partial charge in [-0.05, 0) is 27.7 Å². The highest BCUT2D eigenvalue weighted by atomic mass is 16.6. The Morgan fingerprint density at radius 1 is 0.808 bits per heavy atom. The molecule has 0 saturated carbocycles. The van der Waals surface area contributed by atoms with Crippen molar-refractivity contribution in [2.45, 2.75) is 40.2 Å². The average molecular weight is 358 g/mol. The Kier molecular flexibility index (Phi) is 5.44. The van der Waals surface area contributed by atoms with E-state index in [9.17, 15) is 9.59 Å². The van der Waals surface area contributed by atoms with Crippen molar-refractivity contribution in [3.63, 3.8) is 0 Å². The fourth-order valence-electron chi connectivity index (χ4n) is 3.51. The van der Waals surface area contributed by atoms with Crippen LogP contribution in [-0.4, -0.2) is 60.4 Å². The van der Waals surface area contributed by atoms with Gasteiger partial charge in [-0.15, -0.1) is 0 Å². The predicted octanol–water partition coefficient (Wildman–Crippen LogP) is 2.16. The summed E-state index contributed by atoms with van der Waals surface area (Å²) in [5.74, 6) is -0.577. The summed E-state index contributed by atoms with van der Waals surface area (Å²) in [7, 11) is 0. The summed E-state index contributed by atoms with van der Waals surface area (Å²) in [5.41, 5.74) is 4.07. The zero-order chi connectivity index (χ0) is 18.8. The minimum absolute atomic E-state index is 0.288. The van der Waals surface area contributed by atoms with Crippen molar-refractivity contribution in [1.29, 1.82) is 0 Å². The number of carbonyl (C=O) groups excluding carboxylic acids is 2.